The number of hydrogen-bond donors (Lipinski definition) is 1. The van der Waals surface area contributed by atoms with Gasteiger partial charge < -0.3 is 5.32 Å². The first kappa shape index (κ1) is 12.2. The molecule has 0 spiro atoms. The van der Waals surface area contributed by atoms with E-state index in [1.807, 2.05) is 12.1 Å². The van der Waals surface area contributed by atoms with Crippen LogP contribution in [0.15, 0.2) is 24.3 Å². The number of sulfone groups is 1. The number of rotatable bonds is 4. The molecule has 1 aliphatic carbocycles. The Balaban J connectivity index is 1.78. The first-order valence-corrected chi connectivity index (χ1v) is 8.38. The highest BCUT2D eigenvalue weighted by Crippen LogP contribution is 2.31. The minimum absolute atomic E-state index is 0.0608. The number of nitrogens with one attached hydrogen (secondary N) is 1. The van der Waals surface area contributed by atoms with Gasteiger partial charge in [-0.1, -0.05) is 24.3 Å². The summed E-state index contributed by atoms with van der Waals surface area (Å²) in [4.78, 5) is 0. The lowest BCUT2D eigenvalue weighted by molar-refractivity contribution is 0.594. The highest BCUT2D eigenvalue weighted by Gasteiger charge is 2.35. The molecule has 0 aromatic heterocycles. The summed E-state index contributed by atoms with van der Waals surface area (Å²) in [7, 11) is -2.90. The van der Waals surface area contributed by atoms with Gasteiger partial charge in [0.05, 0.1) is 11.0 Å². The Bertz CT molecular complexity index is 528. The molecule has 98 valence electrons. The zero-order chi connectivity index (χ0) is 12.6. The van der Waals surface area contributed by atoms with E-state index in [1.54, 1.807) is 0 Å². The second kappa shape index (κ2) is 4.67. The summed E-state index contributed by atoms with van der Waals surface area (Å²) in [5.41, 5.74) is 2.23. The Morgan fingerprint density at radius 3 is 2.72 bits per heavy atom. The standard InChI is InChI=1S/C14H19NO2S/c16-18(17,14-4-5-14)10-11-2-1-3-12(8-11)13-6-7-15-9-13/h1-3,8,13-15H,4-7,9-10H2. The first-order chi connectivity index (χ1) is 8.65. The van der Waals surface area contributed by atoms with Gasteiger partial charge in [-0.25, -0.2) is 8.42 Å². The predicted molar refractivity (Wildman–Crippen MR) is 72.3 cm³/mol. The van der Waals surface area contributed by atoms with Crippen LogP contribution in [0.2, 0.25) is 0 Å². The van der Waals surface area contributed by atoms with Crippen LogP contribution in [0.1, 0.15) is 36.3 Å². The molecular weight excluding hydrogens is 246 g/mol. The third kappa shape index (κ3) is 2.59. The zero-order valence-corrected chi connectivity index (χ0v) is 11.2. The zero-order valence-electron chi connectivity index (χ0n) is 10.4. The van der Waals surface area contributed by atoms with Crippen LogP contribution in [-0.4, -0.2) is 26.8 Å². The van der Waals surface area contributed by atoms with Crippen molar-refractivity contribution in [1.82, 2.24) is 5.32 Å². The Morgan fingerprint density at radius 2 is 2.06 bits per heavy atom. The van der Waals surface area contributed by atoms with Crippen LogP contribution in [0.25, 0.3) is 0 Å². The molecule has 1 heterocycles. The Labute approximate surface area is 109 Å². The monoisotopic (exact) mass is 265 g/mol. The third-order valence-corrected chi connectivity index (χ3v) is 6.11. The summed E-state index contributed by atoms with van der Waals surface area (Å²) >= 11 is 0. The maximum atomic E-state index is 12.0. The summed E-state index contributed by atoms with van der Waals surface area (Å²) in [6.07, 6.45) is 2.86. The largest absolute Gasteiger partial charge is 0.316 e. The summed E-state index contributed by atoms with van der Waals surface area (Å²) in [5.74, 6) is 0.764. The fourth-order valence-corrected chi connectivity index (χ4v) is 4.39. The van der Waals surface area contributed by atoms with E-state index in [-0.39, 0.29) is 11.0 Å². The summed E-state index contributed by atoms with van der Waals surface area (Å²) < 4.78 is 24.0. The minimum Gasteiger partial charge on any atom is -0.316 e. The van der Waals surface area contributed by atoms with E-state index in [4.69, 9.17) is 0 Å². The normalized spacial score (nSPS) is 24.3. The van der Waals surface area contributed by atoms with Crippen molar-refractivity contribution in [3.05, 3.63) is 35.4 Å². The second-order valence-corrected chi connectivity index (χ2v) is 7.72. The van der Waals surface area contributed by atoms with Crippen LogP contribution in [0, 0.1) is 0 Å². The molecule has 1 unspecified atom stereocenters. The molecule has 2 fully saturated rings. The molecule has 0 amide bonds. The highest BCUT2D eigenvalue weighted by atomic mass is 32.2. The lowest BCUT2D eigenvalue weighted by atomic mass is 9.97. The quantitative estimate of drug-likeness (QED) is 0.903. The van der Waals surface area contributed by atoms with E-state index in [2.05, 4.69) is 17.4 Å². The van der Waals surface area contributed by atoms with Crippen LogP contribution in [-0.2, 0) is 15.6 Å². The van der Waals surface area contributed by atoms with E-state index in [0.29, 0.717) is 5.92 Å². The van der Waals surface area contributed by atoms with Gasteiger partial charge in [0, 0.05) is 6.54 Å². The molecule has 2 aliphatic rings. The molecule has 1 aliphatic heterocycles. The highest BCUT2D eigenvalue weighted by molar-refractivity contribution is 7.91. The van der Waals surface area contributed by atoms with Gasteiger partial charge >= 0.3 is 0 Å². The van der Waals surface area contributed by atoms with E-state index in [9.17, 15) is 8.42 Å². The molecule has 1 aromatic carbocycles. The molecule has 1 atom stereocenters. The average Bonchev–Trinajstić information content (AvgIpc) is 3.06. The van der Waals surface area contributed by atoms with E-state index in [1.165, 1.54) is 5.56 Å². The maximum Gasteiger partial charge on any atom is 0.157 e. The van der Waals surface area contributed by atoms with Crippen LogP contribution in [0.5, 0.6) is 0 Å². The molecule has 1 saturated heterocycles. The molecule has 18 heavy (non-hydrogen) atoms. The Morgan fingerprint density at radius 1 is 1.22 bits per heavy atom. The molecule has 1 aromatic rings. The molecule has 1 N–H and O–H groups in total. The van der Waals surface area contributed by atoms with Crippen molar-refractivity contribution >= 4 is 9.84 Å². The van der Waals surface area contributed by atoms with Crippen LogP contribution < -0.4 is 5.32 Å². The van der Waals surface area contributed by atoms with E-state index >= 15 is 0 Å². The van der Waals surface area contributed by atoms with Gasteiger partial charge in [0.15, 0.2) is 9.84 Å². The van der Waals surface area contributed by atoms with Crippen LogP contribution in [0.4, 0.5) is 0 Å². The molecule has 0 radical (unpaired) electrons. The Kier molecular flexibility index (Phi) is 3.16. The summed E-state index contributed by atoms with van der Waals surface area (Å²) in [5, 5.41) is 3.29. The first-order valence-electron chi connectivity index (χ1n) is 6.66. The van der Waals surface area contributed by atoms with Crippen molar-refractivity contribution in [2.24, 2.45) is 0 Å². The fourth-order valence-electron chi connectivity index (χ4n) is 2.65. The lowest BCUT2D eigenvalue weighted by Crippen LogP contribution is -2.11. The summed E-state index contributed by atoms with van der Waals surface area (Å²) in [6, 6.07) is 8.12. The van der Waals surface area contributed by atoms with Crippen molar-refractivity contribution in [3.8, 4) is 0 Å². The topological polar surface area (TPSA) is 46.2 Å². The van der Waals surface area contributed by atoms with Gasteiger partial charge in [0.2, 0.25) is 0 Å². The van der Waals surface area contributed by atoms with Crippen molar-refractivity contribution in [2.75, 3.05) is 13.1 Å². The van der Waals surface area contributed by atoms with Gasteiger partial charge in [0.1, 0.15) is 0 Å². The van der Waals surface area contributed by atoms with E-state index in [0.717, 1.165) is 37.9 Å². The van der Waals surface area contributed by atoms with Gasteiger partial charge in [-0.3, -0.25) is 0 Å². The van der Waals surface area contributed by atoms with Crippen molar-refractivity contribution in [1.29, 1.82) is 0 Å². The van der Waals surface area contributed by atoms with Gasteiger partial charge in [-0.2, -0.15) is 0 Å². The average molecular weight is 265 g/mol. The maximum absolute atomic E-state index is 12.0. The van der Waals surface area contributed by atoms with Crippen molar-refractivity contribution < 1.29 is 8.42 Å². The van der Waals surface area contributed by atoms with Crippen LogP contribution in [0.3, 0.4) is 0 Å². The van der Waals surface area contributed by atoms with Crippen molar-refractivity contribution in [3.63, 3.8) is 0 Å². The lowest BCUT2D eigenvalue weighted by Gasteiger charge is -2.11. The second-order valence-electron chi connectivity index (χ2n) is 5.44. The van der Waals surface area contributed by atoms with Gasteiger partial charge in [-0.05, 0) is 42.9 Å². The van der Waals surface area contributed by atoms with Gasteiger partial charge in [-0.15, -0.1) is 0 Å². The molecule has 1 saturated carbocycles. The predicted octanol–water partition coefficient (Wildman–Crippen LogP) is 1.84. The number of hydrogen-bond acceptors (Lipinski definition) is 3. The molecule has 0 bridgehead atoms. The molecule has 3 nitrogen and oxygen atoms in total. The molecular formula is C14H19NO2S. The summed E-state index contributed by atoms with van der Waals surface area (Å²) in [6.45, 7) is 2.08. The SMILES string of the molecule is O=S(=O)(Cc1cccc(C2CCNC2)c1)C1CC1. The number of benzene rings is 1. The fraction of sp³-hybridized carbons (Fsp3) is 0.571. The Hall–Kier alpha value is -0.870. The molecule has 4 heteroatoms. The molecule has 3 rings (SSSR count). The van der Waals surface area contributed by atoms with Crippen LogP contribution >= 0.6 is 0 Å². The smallest absolute Gasteiger partial charge is 0.157 e. The van der Waals surface area contributed by atoms with Gasteiger partial charge in [0.25, 0.3) is 0 Å². The van der Waals surface area contributed by atoms with Crippen molar-refractivity contribution in [2.45, 2.75) is 36.2 Å². The third-order valence-electron chi connectivity index (χ3n) is 3.88. The minimum atomic E-state index is -2.90. The van der Waals surface area contributed by atoms with E-state index < -0.39 is 9.84 Å².